The molecule has 0 saturated carbocycles. The summed E-state index contributed by atoms with van der Waals surface area (Å²) in [6.07, 6.45) is 1.41. The fourth-order valence-electron chi connectivity index (χ4n) is 4.67. The normalized spacial score (nSPS) is 19.5. The number of carbonyl (C=O) groups is 1. The van der Waals surface area contributed by atoms with Crippen LogP contribution >= 0.6 is 0 Å². The van der Waals surface area contributed by atoms with Gasteiger partial charge >= 0.3 is 6.18 Å². The number of alkyl halides is 3. The Labute approximate surface area is 219 Å². The molecule has 0 bridgehead atoms. The molecule has 0 unspecified atom stereocenters. The number of nitrogens with zero attached hydrogens (tertiary/aromatic N) is 6. The fraction of sp³-hybridized carbons (Fsp3) is 0.652. The Kier molecular flexibility index (Phi) is 8.12. The molecule has 0 aromatic carbocycles. The minimum atomic E-state index is -4.69. The molecule has 4 rings (SSSR count). The van der Waals surface area contributed by atoms with E-state index in [2.05, 4.69) is 20.4 Å². The minimum Gasteiger partial charge on any atom is -0.389 e. The van der Waals surface area contributed by atoms with E-state index < -0.39 is 27.6 Å². The molecule has 210 valence electrons. The van der Waals surface area contributed by atoms with Crippen LogP contribution in [0.1, 0.15) is 45.1 Å². The number of piperidine rings is 2. The monoisotopic (exact) mass is 559 g/mol. The van der Waals surface area contributed by atoms with Crippen molar-refractivity contribution in [1.29, 1.82) is 0 Å². The molecule has 11 nitrogen and oxygen atoms in total. The Morgan fingerprint density at radius 1 is 1.08 bits per heavy atom. The predicted octanol–water partition coefficient (Wildman–Crippen LogP) is 2.16. The number of carbonyl (C=O) groups excluding carboxylic acids is 1. The fourth-order valence-corrected chi connectivity index (χ4v) is 6.34. The number of hydrogen-bond acceptors (Lipinski definition) is 8. The van der Waals surface area contributed by atoms with E-state index in [-0.39, 0.29) is 48.8 Å². The highest BCUT2D eigenvalue weighted by atomic mass is 32.2. The van der Waals surface area contributed by atoms with Crippen molar-refractivity contribution < 1.29 is 31.5 Å². The van der Waals surface area contributed by atoms with Gasteiger partial charge in [0.25, 0.3) is 10.2 Å². The number of anilines is 1. The Morgan fingerprint density at radius 2 is 1.68 bits per heavy atom. The maximum atomic E-state index is 13.7. The molecular weight excluding hydrogens is 527 g/mol. The average molecular weight is 560 g/mol. The molecule has 2 aliphatic rings. The Morgan fingerprint density at radius 3 is 2.24 bits per heavy atom. The van der Waals surface area contributed by atoms with Gasteiger partial charge < -0.3 is 15.2 Å². The van der Waals surface area contributed by atoms with E-state index in [9.17, 15) is 31.5 Å². The van der Waals surface area contributed by atoms with Crippen molar-refractivity contribution in [2.24, 2.45) is 5.92 Å². The largest absolute Gasteiger partial charge is 0.419 e. The summed E-state index contributed by atoms with van der Waals surface area (Å²) >= 11 is 0. The first kappa shape index (κ1) is 28.4. The third kappa shape index (κ3) is 6.68. The number of halogens is 3. The van der Waals surface area contributed by atoms with Gasteiger partial charge in [-0.25, -0.2) is 9.97 Å². The van der Waals surface area contributed by atoms with Crippen molar-refractivity contribution in [3.63, 3.8) is 0 Å². The number of aromatic nitrogens is 4. The average Bonchev–Trinajstić information content (AvgIpc) is 3.30. The highest BCUT2D eigenvalue weighted by Gasteiger charge is 2.37. The molecule has 2 fully saturated rings. The van der Waals surface area contributed by atoms with Gasteiger partial charge in [-0.3, -0.25) is 4.68 Å². The molecule has 0 radical (unpaired) electrons. The molecule has 2 aliphatic heterocycles. The van der Waals surface area contributed by atoms with Crippen molar-refractivity contribution in [3.8, 4) is 11.3 Å². The van der Waals surface area contributed by atoms with Gasteiger partial charge in [0.15, 0.2) is 0 Å². The maximum absolute atomic E-state index is 13.7. The van der Waals surface area contributed by atoms with E-state index >= 15 is 0 Å². The van der Waals surface area contributed by atoms with Gasteiger partial charge in [0.1, 0.15) is 11.8 Å². The lowest BCUT2D eigenvalue weighted by atomic mass is 10.0. The third-order valence-electron chi connectivity index (χ3n) is 6.68. The number of aldehydes is 1. The van der Waals surface area contributed by atoms with Gasteiger partial charge in [0, 0.05) is 56.1 Å². The van der Waals surface area contributed by atoms with Crippen LogP contribution < -0.4 is 5.32 Å². The summed E-state index contributed by atoms with van der Waals surface area (Å²) in [5, 5.41) is 17.1. The van der Waals surface area contributed by atoms with E-state index in [1.165, 1.54) is 25.7 Å². The molecule has 2 aromatic rings. The van der Waals surface area contributed by atoms with E-state index in [1.807, 2.05) is 0 Å². The molecule has 0 spiro atoms. The summed E-state index contributed by atoms with van der Waals surface area (Å²) in [7, 11) is -3.65. The van der Waals surface area contributed by atoms with Gasteiger partial charge in [-0.2, -0.15) is 35.3 Å². The Bertz CT molecular complexity index is 1230. The van der Waals surface area contributed by atoms with E-state index in [0.29, 0.717) is 38.8 Å². The second kappa shape index (κ2) is 10.9. The highest BCUT2D eigenvalue weighted by Crippen LogP contribution is 2.36. The highest BCUT2D eigenvalue weighted by molar-refractivity contribution is 7.86. The van der Waals surface area contributed by atoms with E-state index in [1.54, 1.807) is 13.8 Å². The molecule has 0 amide bonds. The predicted molar refractivity (Wildman–Crippen MR) is 132 cm³/mol. The van der Waals surface area contributed by atoms with E-state index in [0.717, 1.165) is 12.5 Å². The summed E-state index contributed by atoms with van der Waals surface area (Å²) < 4.78 is 71.3. The molecule has 38 heavy (non-hydrogen) atoms. The minimum absolute atomic E-state index is 0.000445. The van der Waals surface area contributed by atoms with Crippen LogP contribution in [-0.4, -0.2) is 86.0 Å². The molecule has 0 atom stereocenters. The number of hydrogen-bond donors (Lipinski definition) is 2. The van der Waals surface area contributed by atoms with Gasteiger partial charge in [0.05, 0.1) is 24.0 Å². The lowest BCUT2D eigenvalue weighted by molar-refractivity contribution is -0.137. The third-order valence-corrected chi connectivity index (χ3v) is 8.72. The van der Waals surface area contributed by atoms with E-state index in [4.69, 9.17) is 0 Å². The van der Waals surface area contributed by atoms with Crippen LogP contribution in [0.25, 0.3) is 11.3 Å². The van der Waals surface area contributed by atoms with Crippen LogP contribution in [0.4, 0.5) is 19.1 Å². The van der Waals surface area contributed by atoms with Crippen molar-refractivity contribution >= 4 is 22.4 Å². The first-order valence-electron chi connectivity index (χ1n) is 12.4. The first-order chi connectivity index (χ1) is 17.8. The van der Waals surface area contributed by atoms with Gasteiger partial charge in [-0.05, 0) is 39.5 Å². The molecular formula is C23H32F3N7O4S. The zero-order chi connectivity index (χ0) is 27.7. The molecule has 2 N–H and O–H groups in total. The van der Waals surface area contributed by atoms with Gasteiger partial charge in [-0.15, -0.1) is 0 Å². The summed E-state index contributed by atoms with van der Waals surface area (Å²) in [5.41, 5.74) is -2.32. The second-order valence-electron chi connectivity index (χ2n) is 10.4. The van der Waals surface area contributed by atoms with Crippen LogP contribution in [0.15, 0.2) is 18.6 Å². The zero-order valence-corrected chi connectivity index (χ0v) is 22.0. The van der Waals surface area contributed by atoms with Gasteiger partial charge in [-0.1, -0.05) is 0 Å². The standard InChI is InChI=1S/C23H32F3N7O4S/c1-22(2,35)15-31-13-17(11-28-31)20-19(23(24,25)26)12-27-21(30-20)29-18-5-9-33(10-6-18)38(36,37)32-7-3-16(14-34)4-8-32/h11-14,16,18,35H,3-10,15H2,1-2H3,(H,27,29,30). The van der Waals surface area contributed by atoms with Gasteiger partial charge in [0.2, 0.25) is 5.95 Å². The van der Waals surface area contributed by atoms with Crippen LogP contribution in [0.5, 0.6) is 0 Å². The summed E-state index contributed by atoms with van der Waals surface area (Å²) in [6.45, 7) is 4.30. The SMILES string of the molecule is CC(C)(O)Cn1cc(-c2nc(NC3CCN(S(=O)(=O)N4CCC(C=O)CC4)CC3)ncc2C(F)(F)F)cn1. The van der Waals surface area contributed by atoms with Crippen molar-refractivity contribution in [3.05, 3.63) is 24.2 Å². The van der Waals surface area contributed by atoms with Crippen molar-refractivity contribution in [1.82, 2.24) is 28.4 Å². The van der Waals surface area contributed by atoms with Crippen LogP contribution in [-0.2, 0) is 27.7 Å². The molecule has 4 heterocycles. The molecule has 2 aromatic heterocycles. The second-order valence-corrected chi connectivity index (χ2v) is 12.3. The van der Waals surface area contributed by atoms with Crippen molar-refractivity contribution in [2.45, 2.75) is 63.9 Å². The van der Waals surface area contributed by atoms with Crippen LogP contribution in [0.2, 0.25) is 0 Å². The van der Waals surface area contributed by atoms with Crippen molar-refractivity contribution in [2.75, 3.05) is 31.5 Å². The summed E-state index contributed by atoms with van der Waals surface area (Å²) in [5.74, 6) is -0.110. The first-order valence-corrected chi connectivity index (χ1v) is 13.8. The Balaban J connectivity index is 1.44. The molecule has 15 heteroatoms. The van der Waals surface area contributed by atoms with Crippen LogP contribution in [0, 0.1) is 5.92 Å². The molecule has 2 saturated heterocycles. The number of aliphatic hydroxyl groups is 1. The number of nitrogens with one attached hydrogen (secondary N) is 1. The van der Waals surface area contributed by atoms with Crippen LogP contribution in [0.3, 0.4) is 0 Å². The molecule has 0 aliphatic carbocycles. The summed E-state index contributed by atoms with van der Waals surface area (Å²) in [4.78, 5) is 19.0. The Hall–Kier alpha value is -2.62. The zero-order valence-electron chi connectivity index (χ0n) is 21.2. The number of rotatable bonds is 8. The quantitative estimate of drug-likeness (QED) is 0.470. The maximum Gasteiger partial charge on any atom is 0.419 e. The lowest BCUT2D eigenvalue weighted by Crippen LogP contribution is -2.51. The summed E-state index contributed by atoms with van der Waals surface area (Å²) in [6, 6.07) is -0.232. The lowest BCUT2D eigenvalue weighted by Gasteiger charge is -2.37. The topological polar surface area (TPSA) is 134 Å². The smallest absolute Gasteiger partial charge is 0.389 e.